The molecule has 0 bridgehead atoms. The Kier molecular flexibility index (Phi) is 2.56. The number of benzene rings is 1. The molecule has 0 saturated heterocycles. The van der Waals surface area contributed by atoms with Gasteiger partial charge >= 0.3 is 0 Å². The summed E-state index contributed by atoms with van der Waals surface area (Å²) in [4.78, 5) is 11.3. The molecular weight excluding hydrogens is 296 g/mol. The highest BCUT2D eigenvalue weighted by Crippen LogP contribution is 2.47. The van der Waals surface area contributed by atoms with Crippen molar-refractivity contribution in [3.8, 4) is 0 Å². The van der Waals surface area contributed by atoms with Gasteiger partial charge in [-0.2, -0.15) is 0 Å². The van der Waals surface area contributed by atoms with E-state index in [1.54, 1.807) is 0 Å². The number of fused-ring (bicyclic) bond motifs is 1. The lowest BCUT2D eigenvalue weighted by Gasteiger charge is -2.08. The van der Waals surface area contributed by atoms with Crippen LogP contribution in [0.15, 0.2) is 24.3 Å². The smallest absolute Gasteiger partial charge is 0.128 e. The SMILES string of the molecule is O=C[C@H]1c2ccccc2[C@@H](Br)[C@H]1Br. The van der Waals surface area contributed by atoms with E-state index in [0.29, 0.717) is 0 Å². The fourth-order valence-electron chi connectivity index (χ4n) is 1.74. The second-order valence-corrected chi connectivity index (χ2v) is 5.18. The summed E-state index contributed by atoms with van der Waals surface area (Å²) in [5, 5.41) is 0. The second kappa shape index (κ2) is 3.54. The van der Waals surface area contributed by atoms with Gasteiger partial charge in [0.15, 0.2) is 0 Å². The van der Waals surface area contributed by atoms with Gasteiger partial charge in [0.25, 0.3) is 0 Å². The van der Waals surface area contributed by atoms with E-state index in [1.165, 1.54) is 5.56 Å². The molecule has 3 heteroatoms. The number of carbonyl (C=O) groups excluding carboxylic acids is 1. The van der Waals surface area contributed by atoms with Gasteiger partial charge in [-0.3, -0.25) is 0 Å². The van der Waals surface area contributed by atoms with Crippen molar-refractivity contribution in [3.05, 3.63) is 35.4 Å². The highest BCUT2D eigenvalue weighted by molar-refractivity contribution is 9.12. The molecular formula is C10H8Br2O. The Labute approximate surface area is 93.8 Å². The zero-order valence-corrected chi connectivity index (χ0v) is 9.95. The average molecular weight is 304 g/mol. The average Bonchev–Trinajstić information content (AvgIpc) is 2.41. The Morgan fingerprint density at radius 1 is 1.15 bits per heavy atom. The quantitative estimate of drug-likeness (QED) is 0.575. The summed E-state index contributed by atoms with van der Waals surface area (Å²) in [5.74, 6) is -0.0134. The van der Waals surface area contributed by atoms with Crippen LogP contribution in [-0.4, -0.2) is 11.1 Å². The lowest BCUT2D eigenvalue weighted by Crippen LogP contribution is -2.08. The standard InChI is InChI=1S/C10H8Br2O/c11-9-7-4-2-1-3-6(7)8(5-13)10(9)12/h1-5,8-10H/t8-,9+,10-/m0/s1. The largest absolute Gasteiger partial charge is 0.303 e. The van der Waals surface area contributed by atoms with E-state index < -0.39 is 0 Å². The van der Waals surface area contributed by atoms with Gasteiger partial charge in [0.1, 0.15) is 6.29 Å². The Bertz CT molecular complexity index is 337. The van der Waals surface area contributed by atoms with Gasteiger partial charge in [-0.15, -0.1) is 0 Å². The van der Waals surface area contributed by atoms with Crippen LogP contribution in [0.1, 0.15) is 21.9 Å². The molecule has 13 heavy (non-hydrogen) atoms. The van der Waals surface area contributed by atoms with Crippen molar-refractivity contribution in [2.75, 3.05) is 0 Å². The van der Waals surface area contributed by atoms with Crippen molar-refractivity contribution >= 4 is 38.1 Å². The second-order valence-electron chi connectivity index (χ2n) is 3.14. The number of rotatable bonds is 1. The predicted molar refractivity (Wildman–Crippen MR) is 59.6 cm³/mol. The Morgan fingerprint density at radius 2 is 1.77 bits per heavy atom. The first-order chi connectivity index (χ1) is 6.25. The molecule has 3 atom stereocenters. The molecule has 0 spiro atoms. The molecule has 1 aromatic rings. The van der Waals surface area contributed by atoms with Crippen LogP contribution >= 0.6 is 31.9 Å². The molecule has 0 aromatic heterocycles. The molecule has 0 radical (unpaired) electrons. The lowest BCUT2D eigenvalue weighted by atomic mass is 10.0. The molecule has 1 aromatic carbocycles. The maximum absolute atomic E-state index is 10.9. The van der Waals surface area contributed by atoms with E-state index in [1.807, 2.05) is 18.2 Å². The van der Waals surface area contributed by atoms with E-state index in [-0.39, 0.29) is 15.6 Å². The first kappa shape index (κ1) is 9.41. The first-order valence-electron chi connectivity index (χ1n) is 4.08. The Morgan fingerprint density at radius 3 is 2.38 bits per heavy atom. The molecule has 0 heterocycles. The number of aldehydes is 1. The number of carbonyl (C=O) groups is 1. The van der Waals surface area contributed by atoms with Crippen LogP contribution in [0.25, 0.3) is 0 Å². The van der Waals surface area contributed by atoms with Crippen LogP contribution in [0.2, 0.25) is 0 Å². The van der Waals surface area contributed by atoms with Crippen molar-refractivity contribution in [1.82, 2.24) is 0 Å². The molecule has 2 rings (SSSR count). The summed E-state index contributed by atoms with van der Waals surface area (Å²) in [5.41, 5.74) is 2.36. The monoisotopic (exact) mass is 302 g/mol. The normalized spacial score (nSPS) is 31.4. The van der Waals surface area contributed by atoms with Crippen LogP contribution in [-0.2, 0) is 4.79 Å². The summed E-state index contributed by atoms with van der Waals surface area (Å²) in [7, 11) is 0. The van der Waals surface area contributed by atoms with Gasteiger partial charge in [0.2, 0.25) is 0 Å². The van der Waals surface area contributed by atoms with E-state index in [2.05, 4.69) is 37.9 Å². The van der Waals surface area contributed by atoms with Crippen LogP contribution in [0.4, 0.5) is 0 Å². The zero-order chi connectivity index (χ0) is 9.42. The molecule has 1 aliphatic carbocycles. The Balaban J connectivity index is 2.53. The number of hydrogen-bond donors (Lipinski definition) is 0. The van der Waals surface area contributed by atoms with Crippen LogP contribution in [0.3, 0.4) is 0 Å². The molecule has 68 valence electrons. The minimum atomic E-state index is -0.0134. The van der Waals surface area contributed by atoms with Crippen LogP contribution in [0.5, 0.6) is 0 Å². The zero-order valence-electron chi connectivity index (χ0n) is 6.78. The molecule has 0 saturated carbocycles. The van der Waals surface area contributed by atoms with Gasteiger partial charge in [-0.1, -0.05) is 56.1 Å². The molecule has 0 fully saturated rings. The van der Waals surface area contributed by atoms with Gasteiger partial charge in [0.05, 0.1) is 10.7 Å². The summed E-state index contributed by atoms with van der Waals surface area (Å²) >= 11 is 7.11. The molecule has 0 amide bonds. The summed E-state index contributed by atoms with van der Waals surface area (Å²) < 4.78 is 0. The van der Waals surface area contributed by atoms with Crippen molar-refractivity contribution < 1.29 is 4.79 Å². The minimum absolute atomic E-state index is 0.0134. The Hall–Kier alpha value is -0.150. The van der Waals surface area contributed by atoms with Gasteiger partial charge in [-0.25, -0.2) is 0 Å². The lowest BCUT2D eigenvalue weighted by molar-refractivity contribution is -0.108. The van der Waals surface area contributed by atoms with E-state index in [4.69, 9.17) is 0 Å². The summed E-state index contributed by atoms with van der Waals surface area (Å²) in [6, 6.07) is 8.05. The third kappa shape index (κ3) is 1.38. The number of halogens is 2. The van der Waals surface area contributed by atoms with Gasteiger partial charge < -0.3 is 4.79 Å². The number of hydrogen-bond acceptors (Lipinski definition) is 1. The van der Waals surface area contributed by atoms with Crippen LogP contribution < -0.4 is 0 Å². The van der Waals surface area contributed by atoms with E-state index in [9.17, 15) is 4.79 Å². The van der Waals surface area contributed by atoms with Crippen molar-refractivity contribution in [2.24, 2.45) is 0 Å². The third-order valence-corrected chi connectivity index (χ3v) is 5.29. The third-order valence-electron chi connectivity index (χ3n) is 2.42. The van der Waals surface area contributed by atoms with E-state index in [0.717, 1.165) is 11.8 Å². The summed E-state index contributed by atoms with van der Waals surface area (Å²) in [6.07, 6.45) is 1.01. The fraction of sp³-hybridized carbons (Fsp3) is 0.300. The number of alkyl halides is 2. The minimum Gasteiger partial charge on any atom is -0.303 e. The van der Waals surface area contributed by atoms with Crippen molar-refractivity contribution in [1.29, 1.82) is 0 Å². The van der Waals surface area contributed by atoms with Crippen molar-refractivity contribution in [3.63, 3.8) is 0 Å². The predicted octanol–water partition coefficient (Wildman–Crippen LogP) is 3.18. The maximum atomic E-state index is 10.9. The first-order valence-corrected chi connectivity index (χ1v) is 5.91. The van der Waals surface area contributed by atoms with Gasteiger partial charge in [-0.05, 0) is 11.1 Å². The molecule has 0 N–H and O–H groups in total. The topological polar surface area (TPSA) is 17.1 Å². The molecule has 0 aliphatic heterocycles. The highest BCUT2D eigenvalue weighted by atomic mass is 79.9. The van der Waals surface area contributed by atoms with Gasteiger partial charge in [0, 0.05) is 4.83 Å². The maximum Gasteiger partial charge on any atom is 0.128 e. The van der Waals surface area contributed by atoms with E-state index >= 15 is 0 Å². The molecule has 1 nitrogen and oxygen atoms in total. The van der Waals surface area contributed by atoms with Crippen LogP contribution in [0, 0.1) is 0 Å². The summed E-state index contributed by atoms with van der Waals surface area (Å²) in [6.45, 7) is 0. The fourth-order valence-corrected chi connectivity index (χ4v) is 3.18. The highest BCUT2D eigenvalue weighted by Gasteiger charge is 2.37. The molecule has 1 aliphatic rings. The molecule has 0 unspecified atom stereocenters. The van der Waals surface area contributed by atoms with Crippen molar-refractivity contribution in [2.45, 2.75) is 15.6 Å².